The number of hydrogen-bond acceptors (Lipinski definition) is 2. The second kappa shape index (κ2) is 3.83. The molecule has 2 nitrogen and oxygen atoms in total. The summed E-state index contributed by atoms with van der Waals surface area (Å²) in [6, 6.07) is 2.22. The first kappa shape index (κ1) is 12.5. The van der Waals surface area contributed by atoms with E-state index in [1.807, 2.05) is 6.26 Å². The van der Waals surface area contributed by atoms with Gasteiger partial charge in [-0.15, -0.1) is 0 Å². The lowest BCUT2D eigenvalue weighted by Crippen LogP contribution is -2.50. The fraction of sp³-hybridized carbons (Fsp3) is 0.737. The Morgan fingerprint density at radius 2 is 2.14 bits per heavy atom. The van der Waals surface area contributed by atoms with Crippen molar-refractivity contribution in [3.05, 3.63) is 23.7 Å². The molecular formula is C19H24O2. The largest absolute Gasteiger partial charge is 0.469 e. The number of aryl methyl sites for hydroxylation is 1. The molecule has 0 unspecified atom stereocenters. The van der Waals surface area contributed by atoms with Crippen molar-refractivity contribution < 1.29 is 9.21 Å². The molecular weight excluding hydrogens is 260 g/mol. The zero-order valence-electron chi connectivity index (χ0n) is 12.9. The predicted molar refractivity (Wildman–Crippen MR) is 80.0 cm³/mol. The molecule has 2 bridgehead atoms. The van der Waals surface area contributed by atoms with E-state index in [0.29, 0.717) is 28.4 Å². The molecule has 0 saturated heterocycles. The standard InChI is InChI=1S/C19H24O2/c1-18-7-5-16-13(6-9-21-16)14(18)4-8-19-10-12(15(20)11-19)2-3-17(18)19/h6,9,12,14,17H,2-5,7-8,10-11H2,1H3/t12-,14-,17+,18-,19+/m1/s1. The van der Waals surface area contributed by atoms with E-state index in [4.69, 9.17) is 4.42 Å². The molecule has 21 heavy (non-hydrogen) atoms. The summed E-state index contributed by atoms with van der Waals surface area (Å²) < 4.78 is 5.71. The number of ketones is 1. The Hall–Kier alpha value is -1.05. The van der Waals surface area contributed by atoms with Gasteiger partial charge in [0.15, 0.2) is 0 Å². The molecule has 4 aliphatic carbocycles. The van der Waals surface area contributed by atoms with Crippen LogP contribution in [0.4, 0.5) is 0 Å². The fourth-order valence-corrected chi connectivity index (χ4v) is 6.88. The first-order valence-corrected chi connectivity index (χ1v) is 8.71. The molecule has 5 rings (SSSR count). The highest BCUT2D eigenvalue weighted by Crippen LogP contribution is 2.69. The zero-order valence-corrected chi connectivity index (χ0v) is 12.9. The van der Waals surface area contributed by atoms with Crippen molar-refractivity contribution in [1.82, 2.24) is 0 Å². The number of hydrogen-bond donors (Lipinski definition) is 0. The lowest BCUT2D eigenvalue weighted by Gasteiger charge is -2.59. The summed E-state index contributed by atoms with van der Waals surface area (Å²) >= 11 is 0. The van der Waals surface area contributed by atoms with E-state index in [-0.39, 0.29) is 0 Å². The minimum atomic E-state index is 0.368. The van der Waals surface area contributed by atoms with Gasteiger partial charge in [0, 0.05) is 18.8 Å². The van der Waals surface area contributed by atoms with Crippen LogP contribution in [-0.2, 0) is 11.2 Å². The van der Waals surface area contributed by atoms with E-state index in [9.17, 15) is 4.79 Å². The van der Waals surface area contributed by atoms with Crippen LogP contribution in [0.5, 0.6) is 0 Å². The first-order valence-electron chi connectivity index (χ1n) is 8.71. The molecule has 112 valence electrons. The van der Waals surface area contributed by atoms with Crippen LogP contribution in [0.1, 0.15) is 69.1 Å². The smallest absolute Gasteiger partial charge is 0.136 e. The first-order chi connectivity index (χ1) is 10.1. The SMILES string of the molecule is C[C@@]12CCc3occc3[C@H]1CC[C@]13CC(=O)[C@H](CC[C@H]12)C3. The fourth-order valence-electron chi connectivity index (χ4n) is 6.88. The third-order valence-electron chi connectivity index (χ3n) is 7.75. The lowest BCUT2D eigenvalue weighted by atomic mass is 9.45. The molecule has 2 heteroatoms. The van der Waals surface area contributed by atoms with Crippen LogP contribution in [0.15, 0.2) is 16.7 Å². The number of Topliss-reactive ketones (excluding diaryl/α,β-unsaturated/α-hetero) is 1. The summed E-state index contributed by atoms with van der Waals surface area (Å²) in [6.45, 7) is 2.53. The van der Waals surface area contributed by atoms with Gasteiger partial charge >= 0.3 is 0 Å². The van der Waals surface area contributed by atoms with Crippen LogP contribution in [-0.4, -0.2) is 5.78 Å². The van der Waals surface area contributed by atoms with Crippen molar-refractivity contribution in [3.8, 4) is 0 Å². The summed E-state index contributed by atoms with van der Waals surface area (Å²) in [5.41, 5.74) is 2.25. The van der Waals surface area contributed by atoms with Gasteiger partial charge in [-0.3, -0.25) is 4.79 Å². The van der Waals surface area contributed by atoms with Crippen LogP contribution < -0.4 is 0 Å². The highest BCUT2D eigenvalue weighted by atomic mass is 16.3. The number of rotatable bonds is 0. The molecule has 0 N–H and O–H groups in total. The lowest BCUT2D eigenvalue weighted by molar-refractivity contribution is -0.121. The number of carbonyl (C=O) groups is 1. The normalized spacial score (nSPS) is 47.7. The molecule has 5 atom stereocenters. The monoisotopic (exact) mass is 284 g/mol. The Balaban J connectivity index is 1.60. The Morgan fingerprint density at radius 3 is 3.05 bits per heavy atom. The molecule has 1 heterocycles. The van der Waals surface area contributed by atoms with Crippen LogP contribution in [0.3, 0.4) is 0 Å². The summed E-state index contributed by atoms with van der Waals surface area (Å²) in [4.78, 5) is 12.3. The predicted octanol–water partition coefficient (Wildman–Crippen LogP) is 4.49. The van der Waals surface area contributed by atoms with E-state index < -0.39 is 0 Å². The van der Waals surface area contributed by atoms with Crippen LogP contribution >= 0.6 is 0 Å². The third-order valence-corrected chi connectivity index (χ3v) is 7.75. The Labute approximate surface area is 126 Å². The highest BCUT2D eigenvalue weighted by Gasteiger charge is 2.62. The summed E-state index contributed by atoms with van der Waals surface area (Å²) in [5.74, 6) is 3.66. The average molecular weight is 284 g/mol. The van der Waals surface area contributed by atoms with Gasteiger partial charge in [0.25, 0.3) is 0 Å². The van der Waals surface area contributed by atoms with E-state index in [1.54, 1.807) is 0 Å². The average Bonchev–Trinajstić information content (AvgIpc) is 3.02. The Morgan fingerprint density at radius 1 is 1.24 bits per heavy atom. The van der Waals surface area contributed by atoms with Crippen molar-refractivity contribution in [2.45, 2.75) is 64.2 Å². The van der Waals surface area contributed by atoms with Crippen LogP contribution in [0.2, 0.25) is 0 Å². The topological polar surface area (TPSA) is 30.2 Å². The van der Waals surface area contributed by atoms with Crippen molar-refractivity contribution in [2.24, 2.45) is 22.7 Å². The minimum absolute atomic E-state index is 0.368. The minimum Gasteiger partial charge on any atom is -0.469 e. The van der Waals surface area contributed by atoms with E-state index >= 15 is 0 Å². The quantitative estimate of drug-likeness (QED) is 0.703. The van der Waals surface area contributed by atoms with Gasteiger partial charge in [-0.1, -0.05) is 6.92 Å². The zero-order chi connectivity index (χ0) is 14.2. The van der Waals surface area contributed by atoms with Gasteiger partial charge in [0.05, 0.1) is 6.26 Å². The molecule has 1 aromatic rings. The van der Waals surface area contributed by atoms with Crippen molar-refractivity contribution in [3.63, 3.8) is 0 Å². The maximum atomic E-state index is 12.3. The van der Waals surface area contributed by atoms with Crippen molar-refractivity contribution >= 4 is 5.78 Å². The van der Waals surface area contributed by atoms with Gasteiger partial charge in [-0.05, 0) is 72.8 Å². The summed E-state index contributed by atoms with van der Waals surface area (Å²) in [7, 11) is 0. The second-order valence-corrected chi connectivity index (χ2v) is 8.43. The number of fused-ring (bicyclic) bond motifs is 5. The number of furan rings is 1. The summed E-state index contributed by atoms with van der Waals surface area (Å²) in [6.07, 6.45) is 11.3. The molecule has 4 aliphatic rings. The number of carbonyl (C=O) groups excluding carboxylic acids is 1. The van der Waals surface area contributed by atoms with Gasteiger partial charge in [-0.2, -0.15) is 0 Å². The second-order valence-electron chi connectivity index (χ2n) is 8.43. The molecule has 0 amide bonds. The van der Waals surface area contributed by atoms with E-state index in [2.05, 4.69) is 13.0 Å². The molecule has 0 radical (unpaired) electrons. The molecule has 3 saturated carbocycles. The van der Waals surface area contributed by atoms with E-state index in [1.165, 1.54) is 43.4 Å². The van der Waals surface area contributed by atoms with Crippen LogP contribution in [0.25, 0.3) is 0 Å². The maximum absolute atomic E-state index is 12.3. The molecule has 1 spiro atoms. The van der Waals surface area contributed by atoms with E-state index in [0.717, 1.165) is 25.2 Å². The molecule has 0 aromatic carbocycles. The van der Waals surface area contributed by atoms with Crippen molar-refractivity contribution in [2.75, 3.05) is 0 Å². The van der Waals surface area contributed by atoms with Gasteiger partial charge in [0.1, 0.15) is 11.5 Å². The molecule has 0 aliphatic heterocycles. The third kappa shape index (κ3) is 1.42. The molecule has 1 aromatic heterocycles. The van der Waals surface area contributed by atoms with Gasteiger partial charge in [0.2, 0.25) is 0 Å². The van der Waals surface area contributed by atoms with Gasteiger partial charge in [-0.25, -0.2) is 0 Å². The Bertz CT molecular complexity index is 615. The Kier molecular flexibility index (Phi) is 2.28. The van der Waals surface area contributed by atoms with Crippen molar-refractivity contribution in [1.29, 1.82) is 0 Å². The van der Waals surface area contributed by atoms with Crippen LogP contribution in [0, 0.1) is 22.7 Å². The highest BCUT2D eigenvalue weighted by molar-refractivity contribution is 5.84. The summed E-state index contributed by atoms with van der Waals surface area (Å²) in [5, 5.41) is 0. The maximum Gasteiger partial charge on any atom is 0.136 e. The molecule has 3 fully saturated rings. The van der Waals surface area contributed by atoms with Gasteiger partial charge < -0.3 is 4.42 Å².